The lowest BCUT2D eigenvalue weighted by atomic mass is 10.2. The van der Waals surface area contributed by atoms with Gasteiger partial charge in [-0.3, -0.25) is 0 Å². The van der Waals surface area contributed by atoms with E-state index in [2.05, 4.69) is 0 Å². The molecule has 0 aliphatic carbocycles. The summed E-state index contributed by atoms with van der Waals surface area (Å²) in [6.07, 6.45) is 1.50. The van der Waals surface area contributed by atoms with E-state index in [1.54, 1.807) is 6.07 Å². The minimum Gasteiger partial charge on any atom is -0.478 e. The van der Waals surface area contributed by atoms with Gasteiger partial charge in [-0.1, -0.05) is 18.2 Å². The van der Waals surface area contributed by atoms with Crippen molar-refractivity contribution in [3.63, 3.8) is 0 Å². The number of hydrogen-bond donors (Lipinski definition) is 1. The van der Waals surface area contributed by atoms with Crippen LogP contribution < -0.4 is 4.84 Å². The van der Waals surface area contributed by atoms with Crippen molar-refractivity contribution in [2.45, 2.75) is 6.92 Å². The number of nitrogens with zero attached hydrogens (tertiary/aromatic N) is 1. The van der Waals surface area contributed by atoms with Crippen molar-refractivity contribution in [3.05, 3.63) is 36.0 Å². The van der Waals surface area contributed by atoms with Crippen LogP contribution in [0.4, 0.5) is 0 Å². The maximum Gasteiger partial charge on any atom is 0.338 e. The highest BCUT2D eigenvalue weighted by Gasteiger charge is 2.13. The first-order chi connectivity index (χ1) is 7.24. The molecule has 0 saturated carbocycles. The maximum absolute atomic E-state index is 11.0. The van der Waals surface area contributed by atoms with E-state index in [1.165, 1.54) is 10.9 Å². The van der Waals surface area contributed by atoms with Crippen LogP contribution in [0.2, 0.25) is 0 Å². The molecule has 15 heavy (non-hydrogen) atoms. The molecule has 0 saturated heterocycles. The molecule has 0 unspecified atom stereocenters. The summed E-state index contributed by atoms with van der Waals surface area (Å²) in [5, 5.41) is 9.69. The highest BCUT2D eigenvalue weighted by Crippen LogP contribution is 2.20. The van der Waals surface area contributed by atoms with Gasteiger partial charge in [-0.2, -0.15) is 4.73 Å². The van der Waals surface area contributed by atoms with Gasteiger partial charge in [0.2, 0.25) is 0 Å². The van der Waals surface area contributed by atoms with Gasteiger partial charge < -0.3 is 9.94 Å². The van der Waals surface area contributed by atoms with Crippen molar-refractivity contribution in [2.24, 2.45) is 0 Å². The SMILES string of the molecule is CCOn1cc(C(=O)O)c2ccccc21. The highest BCUT2D eigenvalue weighted by molar-refractivity contribution is 6.03. The lowest BCUT2D eigenvalue weighted by Crippen LogP contribution is -2.08. The summed E-state index contributed by atoms with van der Waals surface area (Å²) in [6, 6.07) is 7.26. The molecule has 0 bridgehead atoms. The monoisotopic (exact) mass is 205 g/mol. The van der Waals surface area contributed by atoms with Crippen molar-refractivity contribution >= 4 is 16.9 Å². The molecule has 0 radical (unpaired) electrons. The molecule has 2 aromatic rings. The first kappa shape index (κ1) is 9.58. The smallest absolute Gasteiger partial charge is 0.338 e. The van der Waals surface area contributed by atoms with Gasteiger partial charge in [0.25, 0.3) is 0 Å². The predicted octanol–water partition coefficient (Wildman–Crippen LogP) is 1.79. The fraction of sp³-hybridized carbons (Fsp3) is 0.182. The van der Waals surface area contributed by atoms with Gasteiger partial charge in [0.15, 0.2) is 0 Å². The van der Waals surface area contributed by atoms with Crippen LogP contribution in [0, 0.1) is 0 Å². The Hall–Kier alpha value is -1.97. The molecule has 0 aliphatic heterocycles. The third-order valence-corrected chi connectivity index (χ3v) is 2.18. The molecular weight excluding hydrogens is 194 g/mol. The van der Waals surface area contributed by atoms with Crippen molar-refractivity contribution in [1.82, 2.24) is 4.73 Å². The van der Waals surface area contributed by atoms with Crippen molar-refractivity contribution in [2.75, 3.05) is 6.61 Å². The Bertz CT molecular complexity index is 502. The number of carboxylic acids is 1. The van der Waals surface area contributed by atoms with Crippen LogP contribution in [0.1, 0.15) is 17.3 Å². The number of para-hydroxylation sites is 1. The molecule has 1 aromatic heterocycles. The number of aromatic nitrogens is 1. The van der Waals surface area contributed by atoms with E-state index in [0.717, 1.165) is 5.52 Å². The zero-order valence-electron chi connectivity index (χ0n) is 8.30. The van der Waals surface area contributed by atoms with E-state index in [0.29, 0.717) is 12.0 Å². The van der Waals surface area contributed by atoms with Crippen molar-refractivity contribution in [1.29, 1.82) is 0 Å². The Labute approximate surface area is 86.7 Å². The van der Waals surface area contributed by atoms with Gasteiger partial charge in [0.1, 0.15) is 6.61 Å². The second-order valence-corrected chi connectivity index (χ2v) is 3.11. The number of benzene rings is 1. The molecule has 4 nitrogen and oxygen atoms in total. The molecule has 1 N–H and O–H groups in total. The number of carboxylic acid groups (broad SMARTS) is 1. The van der Waals surface area contributed by atoms with Gasteiger partial charge in [-0.25, -0.2) is 4.79 Å². The van der Waals surface area contributed by atoms with E-state index < -0.39 is 5.97 Å². The quantitative estimate of drug-likeness (QED) is 0.831. The zero-order valence-corrected chi connectivity index (χ0v) is 8.30. The van der Waals surface area contributed by atoms with Crippen LogP contribution in [-0.2, 0) is 0 Å². The third kappa shape index (κ3) is 1.54. The lowest BCUT2D eigenvalue weighted by Gasteiger charge is -2.03. The Morgan fingerprint density at radius 3 is 2.87 bits per heavy atom. The molecular formula is C11H11NO3. The minimum atomic E-state index is -0.940. The topological polar surface area (TPSA) is 51.5 Å². The molecule has 2 rings (SSSR count). The second kappa shape index (κ2) is 3.65. The normalized spacial score (nSPS) is 10.5. The minimum absolute atomic E-state index is 0.263. The zero-order chi connectivity index (χ0) is 10.8. The summed E-state index contributed by atoms with van der Waals surface area (Å²) in [5.41, 5.74) is 1.04. The van der Waals surface area contributed by atoms with Gasteiger partial charge in [0.05, 0.1) is 17.3 Å². The Balaban J connectivity index is 2.67. The summed E-state index contributed by atoms with van der Waals surface area (Å²) in [4.78, 5) is 16.3. The van der Waals surface area contributed by atoms with Crippen LogP contribution in [0.25, 0.3) is 10.9 Å². The molecule has 0 amide bonds. The average molecular weight is 205 g/mol. The summed E-state index contributed by atoms with van der Waals surface area (Å²) < 4.78 is 1.50. The molecule has 0 spiro atoms. The molecule has 0 aliphatic rings. The summed E-state index contributed by atoms with van der Waals surface area (Å²) in [6.45, 7) is 2.35. The maximum atomic E-state index is 11.0. The summed E-state index contributed by atoms with van der Waals surface area (Å²) in [5.74, 6) is -0.940. The molecule has 1 heterocycles. The van der Waals surface area contributed by atoms with E-state index in [9.17, 15) is 4.79 Å². The average Bonchev–Trinajstić information content (AvgIpc) is 2.59. The number of fused-ring (bicyclic) bond motifs is 1. The van der Waals surface area contributed by atoms with Crippen LogP contribution in [0.15, 0.2) is 30.5 Å². The molecule has 4 heteroatoms. The van der Waals surface area contributed by atoms with Crippen molar-refractivity contribution in [3.8, 4) is 0 Å². The van der Waals surface area contributed by atoms with Gasteiger partial charge in [-0.15, -0.1) is 0 Å². The number of rotatable bonds is 3. The molecule has 0 atom stereocenters. The van der Waals surface area contributed by atoms with E-state index in [4.69, 9.17) is 9.94 Å². The first-order valence-corrected chi connectivity index (χ1v) is 4.70. The largest absolute Gasteiger partial charge is 0.478 e. The first-order valence-electron chi connectivity index (χ1n) is 4.70. The number of hydrogen-bond acceptors (Lipinski definition) is 2. The molecule has 1 aromatic carbocycles. The van der Waals surface area contributed by atoms with Gasteiger partial charge in [-0.05, 0) is 13.0 Å². The fourth-order valence-electron chi connectivity index (χ4n) is 1.57. The van der Waals surface area contributed by atoms with Crippen LogP contribution in [0.3, 0.4) is 0 Å². The third-order valence-electron chi connectivity index (χ3n) is 2.18. The van der Waals surface area contributed by atoms with Gasteiger partial charge in [0, 0.05) is 5.39 Å². The molecule has 78 valence electrons. The Morgan fingerprint density at radius 1 is 1.47 bits per heavy atom. The Morgan fingerprint density at radius 2 is 2.20 bits per heavy atom. The van der Waals surface area contributed by atoms with Crippen LogP contribution in [0.5, 0.6) is 0 Å². The van der Waals surface area contributed by atoms with Gasteiger partial charge >= 0.3 is 5.97 Å². The highest BCUT2D eigenvalue weighted by atomic mass is 16.7. The van der Waals surface area contributed by atoms with E-state index in [-0.39, 0.29) is 5.56 Å². The number of aromatic carboxylic acids is 1. The molecule has 0 fully saturated rings. The van der Waals surface area contributed by atoms with E-state index in [1.807, 2.05) is 25.1 Å². The van der Waals surface area contributed by atoms with Crippen molar-refractivity contribution < 1.29 is 14.7 Å². The summed E-state index contributed by atoms with van der Waals surface area (Å²) >= 11 is 0. The standard InChI is InChI=1S/C11H11NO3/c1-2-15-12-7-9(11(13)14)8-5-3-4-6-10(8)12/h3-7H,2H2,1H3,(H,13,14). The predicted molar refractivity (Wildman–Crippen MR) is 56.0 cm³/mol. The Kier molecular flexibility index (Phi) is 2.33. The van der Waals surface area contributed by atoms with E-state index >= 15 is 0 Å². The summed E-state index contributed by atoms with van der Waals surface area (Å²) in [7, 11) is 0. The van der Waals surface area contributed by atoms with Crippen LogP contribution in [-0.4, -0.2) is 22.4 Å². The van der Waals surface area contributed by atoms with Crippen LogP contribution >= 0.6 is 0 Å². The lowest BCUT2D eigenvalue weighted by molar-refractivity contribution is 0.0694. The number of carbonyl (C=O) groups is 1. The fourth-order valence-corrected chi connectivity index (χ4v) is 1.57. The second-order valence-electron chi connectivity index (χ2n) is 3.11.